The zero-order valence-corrected chi connectivity index (χ0v) is 11.4. The van der Waals surface area contributed by atoms with Gasteiger partial charge in [0.2, 0.25) is 0 Å². The Labute approximate surface area is 117 Å². The fourth-order valence-electron chi connectivity index (χ4n) is 2.57. The molecule has 0 saturated carbocycles. The molecule has 0 fully saturated rings. The van der Waals surface area contributed by atoms with Crippen LogP contribution in [0.15, 0.2) is 30.5 Å². The van der Waals surface area contributed by atoms with Gasteiger partial charge in [-0.25, -0.2) is 0 Å². The molecule has 1 aliphatic rings. The van der Waals surface area contributed by atoms with E-state index in [0.717, 1.165) is 16.6 Å². The predicted octanol–water partition coefficient (Wildman–Crippen LogP) is 0.788. The van der Waals surface area contributed by atoms with Gasteiger partial charge < -0.3 is 9.68 Å². The van der Waals surface area contributed by atoms with Gasteiger partial charge in [0.25, 0.3) is 0 Å². The highest BCUT2D eigenvalue weighted by molar-refractivity contribution is 6.62. The Kier molecular flexibility index (Phi) is 2.99. The van der Waals surface area contributed by atoms with Crippen molar-refractivity contribution in [3.05, 3.63) is 47.3 Å². The van der Waals surface area contributed by atoms with Crippen LogP contribution in [0, 0.1) is 0 Å². The lowest BCUT2D eigenvalue weighted by molar-refractivity contribution is 0.0987. The van der Waals surface area contributed by atoms with Crippen molar-refractivity contribution >= 4 is 18.4 Å². The van der Waals surface area contributed by atoms with Crippen molar-refractivity contribution in [2.75, 3.05) is 0 Å². The molecule has 2 N–H and O–H groups in total. The Balaban J connectivity index is 1.87. The largest absolute Gasteiger partial charge is 0.492 e. The molecule has 5 nitrogen and oxygen atoms in total. The molecule has 1 aromatic heterocycles. The smallest absolute Gasteiger partial charge is 0.423 e. The fraction of sp³-hybridized carbons (Fsp3) is 0.286. The highest BCUT2D eigenvalue weighted by Crippen LogP contribution is 2.29. The SMILES string of the molecule is CC1(C)OB(O)c2cc(CC(=O)c3ccn[nH]3)ccc21. The predicted molar refractivity (Wildman–Crippen MR) is 74.8 cm³/mol. The van der Waals surface area contributed by atoms with Gasteiger partial charge in [-0.1, -0.05) is 18.2 Å². The molecule has 2 heterocycles. The topological polar surface area (TPSA) is 75.2 Å². The van der Waals surface area contributed by atoms with E-state index < -0.39 is 12.7 Å². The van der Waals surface area contributed by atoms with Gasteiger partial charge in [-0.2, -0.15) is 5.10 Å². The molecule has 1 aliphatic heterocycles. The number of Topliss-reactive ketones (excluding diaryl/α,β-unsaturated/α-hetero) is 1. The number of rotatable bonds is 3. The molecule has 0 amide bonds. The van der Waals surface area contributed by atoms with Gasteiger partial charge in [-0.15, -0.1) is 0 Å². The first-order valence-electron chi connectivity index (χ1n) is 6.49. The zero-order chi connectivity index (χ0) is 14.3. The molecular formula is C14H15BN2O3. The molecule has 1 aromatic carbocycles. The van der Waals surface area contributed by atoms with Gasteiger partial charge in [0.1, 0.15) is 5.69 Å². The number of carbonyl (C=O) groups is 1. The monoisotopic (exact) mass is 270 g/mol. The van der Waals surface area contributed by atoms with Crippen LogP contribution in [0.5, 0.6) is 0 Å². The summed E-state index contributed by atoms with van der Waals surface area (Å²) in [5.41, 5.74) is 2.54. The summed E-state index contributed by atoms with van der Waals surface area (Å²) in [4.78, 5) is 12.0. The van der Waals surface area contributed by atoms with Crippen LogP contribution in [0.4, 0.5) is 0 Å². The summed E-state index contributed by atoms with van der Waals surface area (Å²) in [5, 5.41) is 16.4. The van der Waals surface area contributed by atoms with Gasteiger partial charge in [0.15, 0.2) is 5.78 Å². The average Bonchev–Trinajstić information content (AvgIpc) is 2.97. The van der Waals surface area contributed by atoms with Crippen LogP contribution in [-0.4, -0.2) is 28.1 Å². The van der Waals surface area contributed by atoms with Crippen molar-refractivity contribution in [3.63, 3.8) is 0 Å². The van der Waals surface area contributed by atoms with Crippen LogP contribution in [0.3, 0.4) is 0 Å². The van der Waals surface area contributed by atoms with Crippen molar-refractivity contribution in [1.29, 1.82) is 0 Å². The van der Waals surface area contributed by atoms with Gasteiger partial charge >= 0.3 is 7.12 Å². The van der Waals surface area contributed by atoms with Crippen molar-refractivity contribution in [2.45, 2.75) is 25.9 Å². The van der Waals surface area contributed by atoms with E-state index in [-0.39, 0.29) is 12.2 Å². The molecule has 2 aromatic rings. The third kappa shape index (κ3) is 2.17. The third-order valence-electron chi connectivity index (χ3n) is 3.60. The number of ketones is 1. The minimum Gasteiger partial charge on any atom is -0.423 e. The summed E-state index contributed by atoms with van der Waals surface area (Å²) in [6, 6.07) is 7.30. The lowest BCUT2D eigenvalue weighted by Crippen LogP contribution is -2.29. The molecule has 0 saturated heterocycles. The maximum Gasteiger partial charge on any atom is 0.492 e. The number of nitrogens with zero attached hydrogens (tertiary/aromatic N) is 1. The Bertz CT molecular complexity index is 652. The van der Waals surface area contributed by atoms with E-state index in [4.69, 9.17) is 4.65 Å². The van der Waals surface area contributed by atoms with Crippen molar-refractivity contribution in [1.82, 2.24) is 10.2 Å². The number of hydrogen-bond acceptors (Lipinski definition) is 4. The van der Waals surface area contributed by atoms with Crippen molar-refractivity contribution in [2.24, 2.45) is 0 Å². The van der Waals surface area contributed by atoms with Gasteiger partial charge in [0, 0.05) is 12.6 Å². The van der Waals surface area contributed by atoms with Gasteiger partial charge in [-0.3, -0.25) is 9.89 Å². The molecule has 0 bridgehead atoms. The van der Waals surface area contributed by atoms with Crippen LogP contribution >= 0.6 is 0 Å². The Morgan fingerprint density at radius 1 is 1.45 bits per heavy atom. The van der Waals surface area contributed by atoms with Crippen LogP contribution in [0.1, 0.15) is 35.5 Å². The molecule has 0 unspecified atom stereocenters. The average molecular weight is 270 g/mol. The van der Waals surface area contributed by atoms with Crippen LogP contribution in [0.25, 0.3) is 0 Å². The lowest BCUT2D eigenvalue weighted by Gasteiger charge is -2.19. The summed E-state index contributed by atoms with van der Waals surface area (Å²) in [7, 11) is -0.929. The molecule has 3 rings (SSSR count). The van der Waals surface area contributed by atoms with Gasteiger partial charge in [-0.05, 0) is 36.5 Å². The number of fused-ring (bicyclic) bond motifs is 1. The fourth-order valence-corrected chi connectivity index (χ4v) is 2.57. The number of H-pyrrole nitrogens is 1. The van der Waals surface area contributed by atoms with E-state index >= 15 is 0 Å². The standard InChI is InChI=1S/C14H15BN2O3/c1-14(2)10-4-3-9(7-11(10)15(19)20-14)8-13(18)12-5-6-16-17-12/h3-7,19H,8H2,1-2H3,(H,16,17). The highest BCUT2D eigenvalue weighted by atomic mass is 16.5. The molecule has 20 heavy (non-hydrogen) atoms. The van der Waals surface area contributed by atoms with Crippen molar-refractivity contribution < 1.29 is 14.5 Å². The summed E-state index contributed by atoms with van der Waals surface area (Å²) in [5.74, 6) is -0.0323. The molecule has 0 atom stereocenters. The Hall–Kier alpha value is -1.92. The second kappa shape index (κ2) is 4.57. The third-order valence-corrected chi connectivity index (χ3v) is 3.60. The summed E-state index contributed by atoms with van der Waals surface area (Å²) in [6.45, 7) is 3.83. The first-order valence-corrected chi connectivity index (χ1v) is 6.49. The zero-order valence-electron chi connectivity index (χ0n) is 11.4. The van der Waals surface area contributed by atoms with Crippen LogP contribution < -0.4 is 5.46 Å². The summed E-state index contributed by atoms with van der Waals surface area (Å²) in [6.07, 6.45) is 1.82. The second-order valence-electron chi connectivity index (χ2n) is 5.47. The van der Waals surface area contributed by atoms with E-state index in [9.17, 15) is 9.82 Å². The van der Waals surface area contributed by atoms with E-state index in [0.29, 0.717) is 5.69 Å². The van der Waals surface area contributed by atoms with Crippen LogP contribution in [-0.2, 0) is 16.7 Å². The highest BCUT2D eigenvalue weighted by Gasteiger charge is 2.40. The normalized spacial score (nSPS) is 16.2. The molecule has 102 valence electrons. The summed E-state index contributed by atoms with van der Waals surface area (Å²) < 4.78 is 5.51. The lowest BCUT2D eigenvalue weighted by atomic mass is 9.77. The van der Waals surface area contributed by atoms with E-state index in [1.807, 2.05) is 32.0 Å². The second-order valence-corrected chi connectivity index (χ2v) is 5.47. The van der Waals surface area contributed by atoms with Gasteiger partial charge in [0.05, 0.1) is 5.60 Å². The first-order chi connectivity index (χ1) is 9.47. The van der Waals surface area contributed by atoms with E-state index in [1.54, 1.807) is 12.3 Å². The first kappa shape index (κ1) is 13.1. The van der Waals surface area contributed by atoms with Crippen molar-refractivity contribution in [3.8, 4) is 0 Å². The minimum atomic E-state index is -0.929. The number of aromatic amines is 1. The quantitative estimate of drug-likeness (QED) is 0.638. The maximum atomic E-state index is 12.0. The maximum absolute atomic E-state index is 12.0. The molecule has 0 aliphatic carbocycles. The Morgan fingerprint density at radius 2 is 2.25 bits per heavy atom. The molecule has 0 radical (unpaired) electrons. The molecule has 6 heteroatoms. The minimum absolute atomic E-state index is 0.0323. The number of carbonyl (C=O) groups excluding carboxylic acids is 1. The molecular weight excluding hydrogens is 255 g/mol. The van der Waals surface area contributed by atoms with E-state index in [2.05, 4.69) is 10.2 Å². The number of benzene rings is 1. The molecule has 0 spiro atoms. The number of hydrogen-bond donors (Lipinski definition) is 2. The van der Waals surface area contributed by atoms with E-state index in [1.165, 1.54) is 0 Å². The number of nitrogens with one attached hydrogen (secondary N) is 1. The summed E-state index contributed by atoms with van der Waals surface area (Å²) >= 11 is 0. The Morgan fingerprint density at radius 3 is 2.95 bits per heavy atom. The number of aromatic nitrogens is 2. The van der Waals surface area contributed by atoms with Crippen LogP contribution in [0.2, 0.25) is 0 Å².